The van der Waals surface area contributed by atoms with Crippen LogP contribution in [0.2, 0.25) is 0 Å². The molecule has 0 aliphatic rings. The number of carbonyl (C=O) groups excluding carboxylic acids is 1. The van der Waals surface area contributed by atoms with Crippen LogP contribution in [0.4, 0.5) is 10.5 Å². The van der Waals surface area contributed by atoms with Crippen molar-refractivity contribution in [3.8, 4) is 22.8 Å². The lowest BCUT2D eigenvalue weighted by atomic mass is 10.2. The Morgan fingerprint density at radius 3 is 2.52 bits per heavy atom. The molecule has 0 aliphatic carbocycles. The monoisotopic (exact) mass is 308 g/mol. The molecule has 0 unspecified atom stereocenters. The molecule has 0 fully saturated rings. The van der Waals surface area contributed by atoms with Crippen LogP contribution in [0.1, 0.15) is 0 Å². The van der Waals surface area contributed by atoms with Crippen LogP contribution in [0.3, 0.4) is 0 Å². The van der Waals surface area contributed by atoms with Gasteiger partial charge in [0.1, 0.15) is 0 Å². The Labute approximate surface area is 133 Å². The topological polar surface area (TPSA) is 71.3 Å². The van der Waals surface area contributed by atoms with E-state index in [1.54, 1.807) is 20.2 Å². The van der Waals surface area contributed by atoms with Gasteiger partial charge in [0.2, 0.25) is 5.82 Å². The first-order valence-electron chi connectivity index (χ1n) is 7.11. The molecule has 0 radical (unpaired) electrons. The zero-order valence-corrected chi connectivity index (χ0v) is 12.9. The number of urea groups is 1. The first-order chi connectivity index (χ1) is 11.1. The summed E-state index contributed by atoms with van der Waals surface area (Å²) in [5.41, 5.74) is 2.31. The van der Waals surface area contributed by atoms with Crippen molar-refractivity contribution in [2.75, 3.05) is 19.4 Å². The van der Waals surface area contributed by atoms with Crippen LogP contribution in [0.5, 0.6) is 0 Å². The fourth-order valence-electron chi connectivity index (χ4n) is 2.01. The second kappa shape index (κ2) is 6.31. The van der Waals surface area contributed by atoms with Crippen LogP contribution in [0.25, 0.3) is 22.8 Å². The van der Waals surface area contributed by atoms with E-state index in [0.717, 1.165) is 11.1 Å². The first-order valence-corrected chi connectivity index (χ1v) is 7.11. The molecule has 3 aromatic rings. The van der Waals surface area contributed by atoms with E-state index in [4.69, 9.17) is 4.52 Å². The van der Waals surface area contributed by atoms with Crippen LogP contribution in [-0.4, -0.2) is 35.2 Å². The van der Waals surface area contributed by atoms with Gasteiger partial charge in [0.05, 0.1) is 0 Å². The molecule has 0 aliphatic heterocycles. The number of amides is 2. The van der Waals surface area contributed by atoms with Gasteiger partial charge in [-0.05, 0) is 24.3 Å². The lowest BCUT2D eigenvalue weighted by Gasteiger charge is -2.12. The molecule has 0 spiro atoms. The first kappa shape index (κ1) is 14.8. The molecule has 1 aromatic heterocycles. The largest absolute Gasteiger partial charge is 0.334 e. The van der Waals surface area contributed by atoms with E-state index >= 15 is 0 Å². The van der Waals surface area contributed by atoms with Crippen LogP contribution in [-0.2, 0) is 0 Å². The number of carbonyl (C=O) groups is 1. The van der Waals surface area contributed by atoms with Gasteiger partial charge < -0.3 is 14.7 Å². The lowest BCUT2D eigenvalue weighted by Crippen LogP contribution is -2.27. The summed E-state index contributed by atoms with van der Waals surface area (Å²) in [6, 6.07) is 16.7. The fourth-order valence-corrected chi connectivity index (χ4v) is 2.01. The van der Waals surface area contributed by atoms with E-state index in [1.807, 2.05) is 48.5 Å². The molecule has 3 rings (SSSR count). The van der Waals surface area contributed by atoms with Crippen LogP contribution in [0.15, 0.2) is 59.1 Å². The summed E-state index contributed by atoms with van der Waals surface area (Å²) in [7, 11) is 3.37. The SMILES string of the molecule is CN(C)C(=O)Nc1cccc(-c2noc(-c3ccccc3)n2)c1. The van der Waals surface area contributed by atoms with Gasteiger partial charge >= 0.3 is 6.03 Å². The maximum absolute atomic E-state index is 11.7. The van der Waals surface area contributed by atoms with Gasteiger partial charge in [-0.1, -0.05) is 35.5 Å². The average molecular weight is 308 g/mol. The third kappa shape index (κ3) is 3.37. The van der Waals surface area contributed by atoms with E-state index in [9.17, 15) is 4.79 Å². The zero-order chi connectivity index (χ0) is 16.2. The standard InChI is InChI=1S/C17H16N4O2/c1-21(2)17(22)18-14-10-6-9-13(11-14)15-19-16(23-20-15)12-7-4-3-5-8-12/h3-11H,1-2H3,(H,18,22). The molecule has 2 aromatic carbocycles. The Bertz CT molecular complexity index is 812. The zero-order valence-electron chi connectivity index (χ0n) is 12.9. The van der Waals surface area contributed by atoms with Crippen LogP contribution in [0, 0.1) is 0 Å². The molecule has 116 valence electrons. The molecule has 1 N–H and O–H groups in total. The van der Waals surface area contributed by atoms with Gasteiger partial charge in [0.15, 0.2) is 0 Å². The van der Waals surface area contributed by atoms with Gasteiger partial charge in [-0.25, -0.2) is 4.79 Å². The Kier molecular flexibility index (Phi) is 4.05. The van der Waals surface area contributed by atoms with Crippen molar-refractivity contribution in [3.05, 3.63) is 54.6 Å². The highest BCUT2D eigenvalue weighted by Crippen LogP contribution is 2.24. The van der Waals surface area contributed by atoms with Gasteiger partial charge in [0.25, 0.3) is 5.89 Å². The summed E-state index contributed by atoms with van der Waals surface area (Å²) in [6.45, 7) is 0. The highest BCUT2D eigenvalue weighted by molar-refractivity contribution is 5.89. The van der Waals surface area contributed by atoms with Crippen molar-refractivity contribution >= 4 is 11.7 Å². The van der Waals surface area contributed by atoms with Crippen molar-refractivity contribution in [2.24, 2.45) is 0 Å². The number of benzene rings is 2. The van der Waals surface area contributed by atoms with E-state index in [2.05, 4.69) is 15.5 Å². The van der Waals surface area contributed by atoms with Crippen molar-refractivity contribution in [1.29, 1.82) is 0 Å². The number of hydrogen-bond acceptors (Lipinski definition) is 4. The summed E-state index contributed by atoms with van der Waals surface area (Å²) < 4.78 is 5.31. The van der Waals surface area contributed by atoms with Crippen molar-refractivity contribution < 1.29 is 9.32 Å². The summed E-state index contributed by atoms with van der Waals surface area (Å²) in [6.07, 6.45) is 0. The molecule has 0 saturated carbocycles. The number of nitrogens with one attached hydrogen (secondary N) is 1. The van der Waals surface area contributed by atoms with E-state index in [-0.39, 0.29) is 6.03 Å². The molecule has 0 atom stereocenters. The van der Waals surface area contributed by atoms with Gasteiger partial charge in [-0.3, -0.25) is 0 Å². The normalized spacial score (nSPS) is 10.3. The predicted octanol–water partition coefficient (Wildman–Crippen LogP) is 3.50. The quantitative estimate of drug-likeness (QED) is 0.804. The van der Waals surface area contributed by atoms with E-state index in [1.165, 1.54) is 4.90 Å². The third-order valence-corrected chi connectivity index (χ3v) is 3.22. The summed E-state index contributed by atoms with van der Waals surface area (Å²) in [4.78, 5) is 17.6. The van der Waals surface area contributed by atoms with E-state index in [0.29, 0.717) is 17.4 Å². The molecule has 0 bridgehead atoms. The molecular weight excluding hydrogens is 292 g/mol. The fraction of sp³-hybridized carbons (Fsp3) is 0.118. The Hall–Kier alpha value is -3.15. The minimum absolute atomic E-state index is 0.194. The third-order valence-electron chi connectivity index (χ3n) is 3.22. The lowest BCUT2D eigenvalue weighted by molar-refractivity contribution is 0.230. The van der Waals surface area contributed by atoms with Crippen LogP contribution < -0.4 is 5.32 Å². The molecule has 23 heavy (non-hydrogen) atoms. The van der Waals surface area contributed by atoms with Gasteiger partial charge in [-0.2, -0.15) is 4.98 Å². The van der Waals surface area contributed by atoms with Crippen molar-refractivity contribution in [1.82, 2.24) is 15.0 Å². The minimum atomic E-state index is -0.194. The molecule has 0 saturated heterocycles. The number of anilines is 1. The second-order valence-corrected chi connectivity index (χ2v) is 5.19. The van der Waals surface area contributed by atoms with Gasteiger partial charge in [-0.15, -0.1) is 0 Å². The number of nitrogens with zero attached hydrogens (tertiary/aromatic N) is 3. The Morgan fingerprint density at radius 2 is 1.78 bits per heavy atom. The maximum Gasteiger partial charge on any atom is 0.321 e. The maximum atomic E-state index is 11.7. The molecular formula is C17H16N4O2. The smallest absolute Gasteiger partial charge is 0.321 e. The number of aromatic nitrogens is 2. The summed E-state index contributed by atoms with van der Waals surface area (Å²) >= 11 is 0. The highest BCUT2D eigenvalue weighted by Gasteiger charge is 2.11. The number of rotatable bonds is 3. The highest BCUT2D eigenvalue weighted by atomic mass is 16.5. The Balaban J connectivity index is 1.85. The number of hydrogen-bond donors (Lipinski definition) is 1. The second-order valence-electron chi connectivity index (χ2n) is 5.19. The molecule has 2 amide bonds. The minimum Gasteiger partial charge on any atom is -0.334 e. The van der Waals surface area contributed by atoms with E-state index < -0.39 is 0 Å². The average Bonchev–Trinajstić information content (AvgIpc) is 3.06. The summed E-state index contributed by atoms with van der Waals surface area (Å²) in [5.74, 6) is 0.938. The van der Waals surface area contributed by atoms with Crippen molar-refractivity contribution in [3.63, 3.8) is 0 Å². The predicted molar refractivity (Wildman–Crippen MR) is 87.9 cm³/mol. The Morgan fingerprint density at radius 1 is 1.04 bits per heavy atom. The molecule has 6 nitrogen and oxygen atoms in total. The molecule has 6 heteroatoms. The van der Waals surface area contributed by atoms with Gasteiger partial charge in [0, 0.05) is 30.9 Å². The molecule has 1 heterocycles. The summed E-state index contributed by atoms with van der Waals surface area (Å²) in [5, 5.41) is 6.80. The van der Waals surface area contributed by atoms with Crippen LogP contribution >= 0.6 is 0 Å². The van der Waals surface area contributed by atoms with Crippen molar-refractivity contribution in [2.45, 2.75) is 0 Å².